The lowest BCUT2D eigenvalue weighted by molar-refractivity contribution is 0.194. The van der Waals surface area contributed by atoms with Crippen LogP contribution in [0.2, 0.25) is 0 Å². The second-order valence-electron chi connectivity index (χ2n) is 7.70. The predicted molar refractivity (Wildman–Crippen MR) is 103 cm³/mol. The highest BCUT2D eigenvalue weighted by molar-refractivity contribution is 5.78. The number of halogens is 1. The summed E-state index contributed by atoms with van der Waals surface area (Å²) in [6, 6.07) is 13.1. The molecule has 0 spiro atoms. The number of carbonyl (C=O) groups is 1. The van der Waals surface area contributed by atoms with E-state index in [1.54, 1.807) is 12.1 Å². The minimum absolute atomic E-state index is 0.289. The first-order valence-electron chi connectivity index (χ1n) is 9.66. The van der Waals surface area contributed by atoms with Gasteiger partial charge in [-0.1, -0.05) is 30.3 Å². The summed E-state index contributed by atoms with van der Waals surface area (Å²) in [5.74, 6) is 0.735. The largest absolute Gasteiger partial charge is 0.412 e. The third-order valence-electron chi connectivity index (χ3n) is 5.67. The number of ether oxygens (including phenoxy) is 1. The lowest BCUT2D eigenvalue weighted by atomic mass is 9.92. The first-order valence-corrected chi connectivity index (χ1v) is 9.66. The van der Waals surface area contributed by atoms with Crippen LogP contribution >= 0.6 is 0 Å². The van der Waals surface area contributed by atoms with Crippen molar-refractivity contribution in [1.29, 1.82) is 0 Å². The summed E-state index contributed by atoms with van der Waals surface area (Å²) in [7, 11) is 0. The molecule has 2 aromatic rings. The lowest BCUT2D eigenvalue weighted by Crippen LogP contribution is -2.42. The van der Waals surface area contributed by atoms with Crippen LogP contribution in [0.25, 0.3) is 11.1 Å². The van der Waals surface area contributed by atoms with Crippen LogP contribution in [-0.4, -0.2) is 24.7 Å². The summed E-state index contributed by atoms with van der Waals surface area (Å²) in [5.41, 5.74) is 2.47. The number of aryl methyl sites for hydroxylation is 1. The lowest BCUT2D eigenvalue weighted by Gasteiger charge is -2.29. The van der Waals surface area contributed by atoms with Crippen LogP contribution in [0.3, 0.4) is 0 Å². The van der Waals surface area contributed by atoms with Crippen LogP contribution in [0.4, 0.5) is 9.18 Å². The average Bonchev–Trinajstić information content (AvgIpc) is 3.00. The van der Waals surface area contributed by atoms with E-state index in [9.17, 15) is 9.18 Å². The molecule has 2 aliphatic heterocycles. The van der Waals surface area contributed by atoms with E-state index in [-0.39, 0.29) is 5.82 Å². The molecule has 1 amide bonds. The maximum atomic E-state index is 13.2. The Balaban J connectivity index is 1.42. The predicted octanol–water partition coefficient (Wildman–Crippen LogP) is 4.42. The second kappa shape index (κ2) is 7.69. The standard InChI is InChI=1S/C22H25FN2O2/c1-14-3-2-4-20(16-5-7-17(23)8-6-16)21(14)27-22(26)24-13-15-11-18-9-10-19(12-15)25-18/h2-8,15,18-19,25H,9-13H2,1H3,(H,24,26). The highest BCUT2D eigenvalue weighted by Crippen LogP contribution is 2.33. The molecule has 4 nitrogen and oxygen atoms in total. The summed E-state index contributed by atoms with van der Waals surface area (Å²) in [5, 5.41) is 6.55. The Hall–Kier alpha value is -2.40. The van der Waals surface area contributed by atoms with E-state index in [0.29, 0.717) is 30.3 Å². The molecule has 4 rings (SSSR count). The third kappa shape index (κ3) is 4.14. The average molecular weight is 368 g/mol. The molecule has 2 atom stereocenters. The fraction of sp³-hybridized carbons (Fsp3) is 0.409. The molecular formula is C22H25FN2O2. The number of nitrogens with one attached hydrogen (secondary N) is 2. The normalized spacial score (nSPS) is 23.9. The fourth-order valence-corrected chi connectivity index (χ4v) is 4.34. The van der Waals surface area contributed by atoms with Crippen LogP contribution in [0.5, 0.6) is 5.75 Å². The number of benzene rings is 2. The maximum Gasteiger partial charge on any atom is 0.412 e. The molecule has 0 saturated carbocycles. The van der Waals surface area contributed by atoms with Gasteiger partial charge in [-0.25, -0.2) is 9.18 Å². The van der Waals surface area contributed by atoms with Crippen molar-refractivity contribution in [2.75, 3.05) is 6.54 Å². The number of para-hydroxylation sites is 1. The van der Waals surface area contributed by atoms with Crippen LogP contribution in [0.15, 0.2) is 42.5 Å². The van der Waals surface area contributed by atoms with E-state index < -0.39 is 6.09 Å². The summed E-state index contributed by atoms with van der Waals surface area (Å²) in [6.07, 6.45) is 4.29. The molecule has 2 fully saturated rings. The van der Waals surface area contributed by atoms with Gasteiger partial charge in [-0.15, -0.1) is 0 Å². The molecule has 2 aromatic carbocycles. The zero-order valence-electron chi connectivity index (χ0n) is 15.5. The molecule has 2 saturated heterocycles. The first-order chi connectivity index (χ1) is 13.1. The highest BCUT2D eigenvalue weighted by atomic mass is 19.1. The van der Waals surface area contributed by atoms with Crippen molar-refractivity contribution in [3.63, 3.8) is 0 Å². The molecule has 0 radical (unpaired) electrons. The van der Waals surface area contributed by atoms with Crippen molar-refractivity contribution in [3.8, 4) is 16.9 Å². The zero-order chi connectivity index (χ0) is 18.8. The monoisotopic (exact) mass is 368 g/mol. The topological polar surface area (TPSA) is 50.4 Å². The van der Waals surface area contributed by atoms with Crippen molar-refractivity contribution in [3.05, 3.63) is 53.8 Å². The molecule has 0 aromatic heterocycles. The van der Waals surface area contributed by atoms with E-state index in [0.717, 1.165) is 29.5 Å². The Morgan fingerprint density at radius 3 is 2.56 bits per heavy atom. The summed E-state index contributed by atoms with van der Waals surface area (Å²) >= 11 is 0. The smallest absolute Gasteiger partial charge is 0.409 e. The van der Waals surface area contributed by atoms with E-state index in [1.165, 1.54) is 25.0 Å². The Morgan fingerprint density at radius 2 is 1.85 bits per heavy atom. The number of piperidine rings is 1. The van der Waals surface area contributed by atoms with E-state index in [1.807, 2.05) is 25.1 Å². The van der Waals surface area contributed by atoms with Gasteiger partial charge in [-0.2, -0.15) is 0 Å². The third-order valence-corrected chi connectivity index (χ3v) is 5.67. The van der Waals surface area contributed by atoms with Gasteiger partial charge in [0.15, 0.2) is 0 Å². The van der Waals surface area contributed by atoms with Gasteiger partial charge in [-0.05, 0) is 61.8 Å². The number of amides is 1. The number of hydrogen-bond donors (Lipinski definition) is 2. The van der Waals surface area contributed by atoms with Crippen LogP contribution < -0.4 is 15.4 Å². The number of hydrogen-bond acceptors (Lipinski definition) is 3. The Bertz CT molecular complexity index is 810. The number of fused-ring (bicyclic) bond motifs is 2. The molecule has 0 aliphatic carbocycles. The highest BCUT2D eigenvalue weighted by Gasteiger charge is 2.33. The van der Waals surface area contributed by atoms with Crippen LogP contribution in [0.1, 0.15) is 31.2 Å². The van der Waals surface area contributed by atoms with Gasteiger partial charge in [-0.3, -0.25) is 0 Å². The van der Waals surface area contributed by atoms with Crippen LogP contribution in [-0.2, 0) is 0 Å². The number of carbonyl (C=O) groups excluding carboxylic acids is 1. The van der Waals surface area contributed by atoms with Crippen molar-refractivity contribution in [2.45, 2.75) is 44.7 Å². The van der Waals surface area contributed by atoms with Crippen molar-refractivity contribution in [1.82, 2.24) is 10.6 Å². The second-order valence-corrected chi connectivity index (χ2v) is 7.70. The molecule has 2 N–H and O–H groups in total. The van der Waals surface area contributed by atoms with Gasteiger partial charge in [0.25, 0.3) is 0 Å². The molecule has 2 bridgehead atoms. The van der Waals surface area contributed by atoms with Gasteiger partial charge in [0.05, 0.1) is 0 Å². The van der Waals surface area contributed by atoms with Gasteiger partial charge in [0.2, 0.25) is 0 Å². The SMILES string of the molecule is Cc1cccc(-c2ccc(F)cc2)c1OC(=O)NCC1CC2CCC(C1)N2. The molecule has 142 valence electrons. The molecule has 2 heterocycles. The summed E-state index contributed by atoms with van der Waals surface area (Å²) in [6.45, 7) is 2.55. The van der Waals surface area contributed by atoms with Gasteiger partial charge >= 0.3 is 6.09 Å². The van der Waals surface area contributed by atoms with E-state index >= 15 is 0 Å². The molecule has 2 aliphatic rings. The number of rotatable bonds is 4. The first kappa shape index (κ1) is 18.0. The van der Waals surface area contributed by atoms with E-state index in [4.69, 9.17) is 4.74 Å². The summed E-state index contributed by atoms with van der Waals surface area (Å²) in [4.78, 5) is 12.4. The molecule has 2 unspecified atom stereocenters. The minimum Gasteiger partial charge on any atom is -0.409 e. The minimum atomic E-state index is -0.432. The Morgan fingerprint density at radius 1 is 1.15 bits per heavy atom. The zero-order valence-corrected chi connectivity index (χ0v) is 15.5. The van der Waals surface area contributed by atoms with Crippen molar-refractivity contribution >= 4 is 6.09 Å². The molecular weight excluding hydrogens is 343 g/mol. The van der Waals surface area contributed by atoms with E-state index in [2.05, 4.69) is 10.6 Å². The quantitative estimate of drug-likeness (QED) is 0.840. The maximum absolute atomic E-state index is 13.2. The molecule has 27 heavy (non-hydrogen) atoms. The molecule has 5 heteroatoms. The van der Waals surface area contributed by atoms with Gasteiger partial charge < -0.3 is 15.4 Å². The van der Waals surface area contributed by atoms with Gasteiger partial charge in [0.1, 0.15) is 11.6 Å². The van der Waals surface area contributed by atoms with Crippen molar-refractivity contribution in [2.24, 2.45) is 5.92 Å². The van der Waals surface area contributed by atoms with Crippen molar-refractivity contribution < 1.29 is 13.9 Å². The van der Waals surface area contributed by atoms with Gasteiger partial charge in [0, 0.05) is 24.2 Å². The Kier molecular flexibility index (Phi) is 5.12. The fourth-order valence-electron chi connectivity index (χ4n) is 4.34. The van der Waals surface area contributed by atoms with Crippen LogP contribution in [0, 0.1) is 18.7 Å². The Labute approximate surface area is 159 Å². The summed E-state index contributed by atoms with van der Waals surface area (Å²) < 4.78 is 18.9.